The number of halogens is 1. The van der Waals surface area contributed by atoms with Crippen molar-refractivity contribution in [1.82, 2.24) is 25.1 Å². The van der Waals surface area contributed by atoms with Gasteiger partial charge in [-0.1, -0.05) is 20.8 Å². The van der Waals surface area contributed by atoms with Gasteiger partial charge in [-0.15, -0.1) is 5.10 Å². The average molecular weight is 487 g/mol. The smallest absolute Gasteiger partial charge is 0.241 e. The zero-order chi connectivity index (χ0) is 24.1. The summed E-state index contributed by atoms with van der Waals surface area (Å²) in [5.41, 5.74) is 2.18. The van der Waals surface area contributed by atoms with Crippen LogP contribution in [0.25, 0.3) is 0 Å². The van der Waals surface area contributed by atoms with Crippen molar-refractivity contribution in [2.24, 2.45) is 0 Å². The summed E-state index contributed by atoms with van der Waals surface area (Å²) in [5, 5.41) is 18.5. The Morgan fingerprint density at radius 1 is 1.21 bits per heavy atom. The Morgan fingerprint density at radius 2 is 2.03 bits per heavy atom. The van der Waals surface area contributed by atoms with E-state index in [2.05, 4.69) is 51.2 Å². The van der Waals surface area contributed by atoms with Crippen LogP contribution in [-0.2, 0) is 22.0 Å². The van der Waals surface area contributed by atoms with E-state index in [1.807, 2.05) is 12.1 Å². The Morgan fingerprint density at radius 3 is 2.82 bits per heavy atom. The molecule has 2 atom stereocenters. The van der Waals surface area contributed by atoms with Crippen molar-refractivity contribution in [1.29, 1.82) is 0 Å². The number of aromatic amines is 1. The van der Waals surface area contributed by atoms with Gasteiger partial charge in [-0.05, 0) is 42.9 Å². The first kappa shape index (κ1) is 22.7. The van der Waals surface area contributed by atoms with Crippen molar-refractivity contribution < 1.29 is 17.5 Å². The summed E-state index contributed by atoms with van der Waals surface area (Å²) in [6.45, 7) is 6.29. The van der Waals surface area contributed by atoms with Crippen molar-refractivity contribution >= 4 is 21.5 Å². The monoisotopic (exact) mass is 486 g/mol. The third-order valence-electron chi connectivity index (χ3n) is 6.39. The molecule has 0 amide bonds. The highest BCUT2D eigenvalue weighted by atomic mass is 32.2. The number of rotatable bonds is 5. The van der Waals surface area contributed by atoms with Crippen molar-refractivity contribution in [3.8, 4) is 5.88 Å². The Balaban J connectivity index is 1.26. The minimum atomic E-state index is -3.62. The molecular formula is C23H27FN6O3S. The second kappa shape index (κ2) is 8.31. The number of hydrogen-bond donors (Lipinski definition) is 3. The van der Waals surface area contributed by atoms with Gasteiger partial charge in [-0.3, -0.25) is 5.10 Å². The van der Waals surface area contributed by atoms with Gasteiger partial charge in [0.05, 0.1) is 16.8 Å². The molecule has 3 aromatic rings. The zero-order valence-electron chi connectivity index (χ0n) is 19.2. The summed E-state index contributed by atoms with van der Waals surface area (Å²) in [6.07, 6.45) is 4.31. The van der Waals surface area contributed by atoms with Gasteiger partial charge in [0, 0.05) is 35.3 Å². The Labute approximate surface area is 197 Å². The summed E-state index contributed by atoms with van der Waals surface area (Å²) in [6, 6.07) is 6.63. The van der Waals surface area contributed by atoms with Crippen LogP contribution in [-0.4, -0.2) is 34.9 Å². The molecule has 9 nitrogen and oxygen atoms in total. The number of nitrogens with one attached hydrogen (secondary N) is 3. The molecule has 2 aliphatic rings. The van der Waals surface area contributed by atoms with Crippen LogP contribution in [0.15, 0.2) is 35.4 Å². The van der Waals surface area contributed by atoms with Gasteiger partial charge in [0.1, 0.15) is 6.10 Å². The lowest BCUT2D eigenvalue weighted by atomic mass is 9.88. The molecule has 0 spiro atoms. The van der Waals surface area contributed by atoms with Gasteiger partial charge in [0.15, 0.2) is 11.6 Å². The molecule has 1 aliphatic carbocycles. The highest BCUT2D eigenvalue weighted by Crippen LogP contribution is 2.38. The maximum Gasteiger partial charge on any atom is 0.241 e. The first-order valence-corrected chi connectivity index (χ1v) is 12.7. The third-order valence-corrected chi connectivity index (χ3v) is 7.87. The molecule has 3 heterocycles. The number of ether oxygens (including phenoxy) is 1. The number of benzene rings is 1. The molecule has 5 rings (SSSR count). The largest absolute Gasteiger partial charge is 0.473 e. The van der Waals surface area contributed by atoms with Crippen LogP contribution in [0.3, 0.4) is 0 Å². The molecular weight excluding hydrogens is 459 g/mol. The second-order valence-corrected chi connectivity index (χ2v) is 11.5. The molecule has 1 fully saturated rings. The van der Waals surface area contributed by atoms with Crippen LogP contribution < -0.4 is 14.8 Å². The summed E-state index contributed by atoms with van der Waals surface area (Å²) in [5.74, 6) is 0.678. The highest BCUT2D eigenvalue weighted by Gasteiger charge is 2.32. The van der Waals surface area contributed by atoms with Gasteiger partial charge in [0.2, 0.25) is 15.9 Å². The minimum Gasteiger partial charge on any atom is -0.473 e. The quantitative estimate of drug-likeness (QED) is 0.500. The number of aromatic nitrogens is 4. The van der Waals surface area contributed by atoms with Crippen LogP contribution in [0.2, 0.25) is 0 Å². The molecule has 1 aliphatic heterocycles. The maximum absolute atomic E-state index is 14.9. The Bertz CT molecular complexity index is 1330. The SMILES string of the molecule is CC(C)(C)c1ccnnc1OC1CCC(c2cc(Nc3ccc4c(c3F)CNS4(=O)=O)n[nH]2)C1. The van der Waals surface area contributed by atoms with Gasteiger partial charge in [-0.25, -0.2) is 17.5 Å². The fourth-order valence-electron chi connectivity index (χ4n) is 4.57. The number of nitrogens with zero attached hydrogens (tertiary/aromatic N) is 3. The van der Waals surface area contributed by atoms with E-state index in [-0.39, 0.29) is 40.1 Å². The van der Waals surface area contributed by atoms with E-state index < -0.39 is 15.8 Å². The van der Waals surface area contributed by atoms with Gasteiger partial charge in [-0.2, -0.15) is 10.2 Å². The average Bonchev–Trinajstić information content (AvgIpc) is 3.49. The fourth-order valence-corrected chi connectivity index (χ4v) is 5.80. The summed E-state index contributed by atoms with van der Waals surface area (Å²) >= 11 is 0. The van der Waals surface area contributed by atoms with E-state index in [1.165, 1.54) is 12.1 Å². The van der Waals surface area contributed by atoms with Crippen LogP contribution in [0.5, 0.6) is 5.88 Å². The van der Waals surface area contributed by atoms with Crippen molar-refractivity contribution in [2.45, 2.75) is 68.9 Å². The fraction of sp³-hybridized carbons (Fsp3) is 0.435. The summed E-state index contributed by atoms with van der Waals surface area (Å²) in [4.78, 5) is -0.0204. The topological polar surface area (TPSA) is 122 Å². The predicted octanol–water partition coefficient (Wildman–Crippen LogP) is 3.89. The van der Waals surface area contributed by atoms with Crippen molar-refractivity contribution in [3.05, 3.63) is 53.1 Å². The maximum atomic E-state index is 14.9. The van der Waals surface area contributed by atoms with Crippen molar-refractivity contribution in [3.63, 3.8) is 0 Å². The molecule has 0 saturated heterocycles. The van der Waals surface area contributed by atoms with E-state index >= 15 is 0 Å². The van der Waals surface area contributed by atoms with Crippen LogP contribution in [0.1, 0.15) is 62.8 Å². The number of fused-ring (bicyclic) bond motifs is 1. The van der Waals surface area contributed by atoms with Gasteiger partial charge in [0.25, 0.3) is 0 Å². The predicted molar refractivity (Wildman–Crippen MR) is 124 cm³/mol. The third kappa shape index (κ3) is 4.25. The normalized spacial score (nSPS) is 21.4. The second-order valence-electron chi connectivity index (χ2n) is 9.81. The lowest BCUT2D eigenvalue weighted by molar-refractivity contribution is 0.192. The van der Waals surface area contributed by atoms with E-state index in [0.717, 1.165) is 30.5 Å². The summed E-state index contributed by atoms with van der Waals surface area (Å²) in [7, 11) is -3.62. The molecule has 0 bridgehead atoms. The molecule has 34 heavy (non-hydrogen) atoms. The number of anilines is 2. The molecule has 180 valence electrons. The van der Waals surface area contributed by atoms with E-state index in [9.17, 15) is 12.8 Å². The Kier molecular flexibility index (Phi) is 5.56. The zero-order valence-corrected chi connectivity index (χ0v) is 20.0. The van der Waals surface area contributed by atoms with Crippen LogP contribution in [0.4, 0.5) is 15.9 Å². The van der Waals surface area contributed by atoms with E-state index in [0.29, 0.717) is 11.7 Å². The highest BCUT2D eigenvalue weighted by molar-refractivity contribution is 7.89. The molecule has 1 aromatic carbocycles. The van der Waals surface area contributed by atoms with Crippen LogP contribution >= 0.6 is 0 Å². The molecule has 0 radical (unpaired) electrons. The first-order chi connectivity index (χ1) is 16.1. The molecule has 2 aromatic heterocycles. The standard InChI is InChI=1S/C23H27FN6O3S/c1-23(2,3)16-8-9-25-30-22(16)33-14-5-4-13(10-14)18-11-20(29-28-18)27-17-6-7-19-15(21(17)24)12-26-34(19,31)32/h6-9,11,13-14,26H,4-5,10,12H2,1-3H3,(H2,27,28,29). The lowest BCUT2D eigenvalue weighted by Crippen LogP contribution is -2.19. The van der Waals surface area contributed by atoms with E-state index in [4.69, 9.17) is 4.74 Å². The molecule has 1 saturated carbocycles. The first-order valence-electron chi connectivity index (χ1n) is 11.2. The van der Waals surface area contributed by atoms with Crippen molar-refractivity contribution in [2.75, 3.05) is 5.32 Å². The summed E-state index contributed by atoms with van der Waals surface area (Å²) < 4.78 is 47.2. The molecule has 11 heteroatoms. The molecule has 2 unspecified atom stereocenters. The number of H-pyrrole nitrogens is 1. The van der Waals surface area contributed by atoms with Crippen LogP contribution in [0, 0.1) is 5.82 Å². The number of sulfonamides is 1. The van der Waals surface area contributed by atoms with E-state index in [1.54, 1.807) is 6.20 Å². The minimum absolute atomic E-state index is 0.0195. The van der Waals surface area contributed by atoms with Gasteiger partial charge < -0.3 is 10.1 Å². The lowest BCUT2D eigenvalue weighted by Gasteiger charge is -2.23. The van der Waals surface area contributed by atoms with Gasteiger partial charge >= 0.3 is 0 Å². The Hall–Kier alpha value is -3.05. The molecule has 3 N–H and O–H groups in total. The number of hydrogen-bond acceptors (Lipinski definition) is 7.